The highest BCUT2D eigenvalue weighted by molar-refractivity contribution is 6.68. The van der Waals surface area contributed by atoms with Crippen molar-refractivity contribution < 1.29 is 5.11 Å². The van der Waals surface area contributed by atoms with Gasteiger partial charge in [-0.05, 0) is 6.07 Å². The quantitative estimate of drug-likeness (QED) is 0.761. The van der Waals surface area contributed by atoms with Gasteiger partial charge in [-0.3, -0.25) is 0 Å². The van der Waals surface area contributed by atoms with E-state index in [1.807, 2.05) is 0 Å². The summed E-state index contributed by atoms with van der Waals surface area (Å²) in [5, 5.41) is 10.1. The highest BCUT2D eigenvalue weighted by Gasteiger charge is 2.33. The minimum atomic E-state index is -1.83. The van der Waals surface area contributed by atoms with Gasteiger partial charge in [0.05, 0.1) is 10.0 Å². The third-order valence-electron chi connectivity index (χ3n) is 1.59. The molecule has 0 saturated heterocycles. The largest absolute Gasteiger partial charge is 0.384 e. The Balaban J connectivity index is 3.14. The van der Waals surface area contributed by atoms with Crippen LogP contribution in [0, 0.1) is 0 Å². The smallest absolute Gasteiger partial charge is 0.220 e. The van der Waals surface area contributed by atoms with E-state index >= 15 is 0 Å². The molecule has 1 unspecified atom stereocenters. The zero-order valence-corrected chi connectivity index (χ0v) is 10.4. The predicted molar refractivity (Wildman–Crippen MR) is 61.7 cm³/mol. The molecule has 1 aromatic carbocycles. The first-order valence-corrected chi connectivity index (χ1v) is 5.41. The first-order valence-electron chi connectivity index (χ1n) is 3.52. The molecule has 1 N–H and O–H groups in total. The van der Waals surface area contributed by atoms with E-state index in [4.69, 9.17) is 58.0 Å². The van der Waals surface area contributed by atoms with E-state index in [0.29, 0.717) is 10.6 Å². The molecule has 1 atom stereocenters. The third-order valence-corrected chi connectivity index (χ3v) is 3.04. The molecule has 0 aliphatic heterocycles. The van der Waals surface area contributed by atoms with Crippen molar-refractivity contribution in [1.82, 2.24) is 0 Å². The number of aliphatic hydroxyl groups is 1. The number of hydrogen-bond acceptors (Lipinski definition) is 1. The van der Waals surface area contributed by atoms with Crippen LogP contribution in [0.3, 0.4) is 0 Å². The predicted octanol–water partition coefficient (Wildman–Crippen LogP) is 4.40. The second kappa shape index (κ2) is 4.65. The molecule has 0 radical (unpaired) electrons. The minimum absolute atomic E-state index is 0.188. The summed E-state index contributed by atoms with van der Waals surface area (Å²) in [5.74, 6) is 0. The molecule has 0 saturated carbocycles. The monoisotopic (exact) mass is 292 g/mol. The van der Waals surface area contributed by atoms with E-state index in [1.165, 1.54) is 0 Å². The lowest BCUT2D eigenvalue weighted by Crippen LogP contribution is -2.16. The molecule has 1 rings (SSSR count). The maximum Gasteiger partial charge on any atom is 0.220 e. The van der Waals surface area contributed by atoms with Crippen molar-refractivity contribution in [3.63, 3.8) is 0 Å². The minimum Gasteiger partial charge on any atom is -0.384 e. The van der Waals surface area contributed by atoms with Crippen LogP contribution in [0.2, 0.25) is 10.0 Å². The topological polar surface area (TPSA) is 20.2 Å². The maximum atomic E-state index is 9.62. The Bertz CT molecular complexity index is 333. The van der Waals surface area contributed by atoms with Gasteiger partial charge in [-0.2, -0.15) is 0 Å². The molecule has 0 aliphatic carbocycles. The molecule has 78 valence electrons. The highest BCUT2D eigenvalue weighted by Crippen LogP contribution is 2.43. The van der Waals surface area contributed by atoms with E-state index in [-0.39, 0.29) is 5.02 Å². The summed E-state index contributed by atoms with van der Waals surface area (Å²) >= 11 is 28.1. The second-order valence-electron chi connectivity index (χ2n) is 2.59. The molecule has 0 bridgehead atoms. The first-order chi connectivity index (χ1) is 6.34. The Morgan fingerprint density at radius 1 is 1.14 bits per heavy atom. The standard InChI is InChI=1S/C8H5Cl5O/c9-5-3-1-2-4(6(5)10)7(14)8(11,12)13/h1-3,7,14H. The van der Waals surface area contributed by atoms with Crippen LogP contribution < -0.4 is 0 Å². The molecule has 6 heteroatoms. The highest BCUT2D eigenvalue weighted by atomic mass is 35.6. The Kier molecular flexibility index (Phi) is 4.22. The van der Waals surface area contributed by atoms with Crippen LogP contribution >= 0.6 is 58.0 Å². The molecule has 0 aromatic heterocycles. The van der Waals surface area contributed by atoms with Crippen molar-refractivity contribution in [3.8, 4) is 0 Å². The first kappa shape index (κ1) is 12.7. The Morgan fingerprint density at radius 2 is 1.71 bits per heavy atom. The number of halogens is 5. The maximum absolute atomic E-state index is 9.62. The number of benzene rings is 1. The van der Waals surface area contributed by atoms with E-state index in [1.54, 1.807) is 18.2 Å². The van der Waals surface area contributed by atoms with Gasteiger partial charge < -0.3 is 5.11 Å². The lowest BCUT2D eigenvalue weighted by atomic mass is 10.1. The summed E-state index contributed by atoms with van der Waals surface area (Å²) < 4.78 is -1.83. The van der Waals surface area contributed by atoms with Crippen molar-refractivity contribution in [3.05, 3.63) is 33.8 Å². The fourth-order valence-corrected chi connectivity index (χ4v) is 1.67. The van der Waals surface area contributed by atoms with Crippen LogP contribution in [0.4, 0.5) is 0 Å². The fourth-order valence-electron chi connectivity index (χ4n) is 0.908. The van der Waals surface area contributed by atoms with Crippen LogP contribution in [0.1, 0.15) is 11.7 Å². The Labute approximate surface area is 106 Å². The summed E-state index contributed by atoms with van der Waals surface area (Å²) in [4.78, 5) is 0. The van der Waals surface area contributed by atoms with Gasteiger partial charge in [-0.15, -0.1) is 0 Å². The van der Waals surface area contributed by atoms with Crippen molar-refractivity contribution in [2.75, 3.05) is 0 Å². The molecule has 0 spiro atoms. The summed E-state index contributed by atoms with van der Waals surface area (Å²) in [5.41, 5.74) is 0.291. The lowest BCUT2D eigenvalue weighted by Gasteiger charge is -2.20. The molecule has 0 heterocycles. The van der Waals surface area contributed by atoms with Gasteiger partial charge in [-0.25, -0.2) is 0 Å². The van der Waals surface area contributed by atoms with Gasteiger partial charge in [-0.1, -0.05) is 70.1 Å². The summed E-state index contributed by atoms with van der Waals surface area (Å²) in [6, 6.07) is 4.74. The molecule has 0 amide bonds. The molecule has 1 aromatic rings. The van der Waals surface area contributed by atoms with Gasteiger partial charge in [0, 0.05) is 5.56 Å². The average Bonchev–Trinajstić information content (AvgIpc) is 2.07. The molecular formula is C8H5Cl5O. The van der Waals surface area contributed by atoms with Gasteiger partial charge >= 0.3 is 0 Å². The van der Waals surface area contributed by atoms with Gasteiger partial charge in [0.15, 0.2) is 0 Å². The third kappa shape index (κ3) is 2.82. The van der Waals surface area contributed by atoms with E-state index in [9.17, 15) is 5.11 Å². The summed E-state index contributed by atoms with van der Waals surface area (Å²) in [6.45, 7) is 0. The van der Waals surface area contributed by atoms with Gasteiger partial charge in [0.25, 0.3) is 0 Å². The zero-order valence-electron chi connectivity index (χ0n) is 6.65. The van der Waals surface area contributed by atoms with E-state index in [0.717, 1.165) is 0 Å². The van der Waals surface area contributed by atoms with Crippen LogP contribution in [0.5, 0.6) is 0 Å². The van der Waals surface area contributed by atoms with Crippen molar-refractivity contribution in [2.45, 2.75) is 9.90 Å². The van der Waals surface area contributed by atoms with Gasteiger partial charge in [0.1, 0.15) is 6.10 Å². The number of aliphatic hydroxyl groups excluding tert-OH is 1. The zero-order chi connectivity index (χ0) is 10.9. The molecule has 0 aliphatic rings. The molecule has 14 heavy (non-hydrogen) atoms. The van der Waals surface area contributed by atoms with E-state index in [2.05, 4.69) is 0 Å². The SMILES string of the molecule is OC(c1cccc(Cl)c1Cl)C(Cl)(Cl)Cl. The number of rotatable bonds is 1. The van der Waals surface area contributed by atoms with Crippen molar-refractivity contribution >= 4 is 58.0 Å². The van der Waals surface area contributed by atoms with Crippen LogP contribution in [0.25, 0.3) is 0 Å². The Morgan fingerprint density at radius 3 is 2.21 bits per heavy atom. The molecular weight excluding hydrogens is 289 g/mol. The van der Waals surface area contributed by atoms with E-state index < -0.39 is 9.90 Å². The van der Waals surface area contributed by atoms with Crippen LogP contribution in [0.15, 0.2) is 18.2 Å². The van der Waals surface area contributed by atoms with Crippen LogP contribution in [-0.2, 0) is 0 Å². The van der Waals surface area contributed by atoms with Crippen molar-refractivity contribution in [2.24, 2.45) is 0 Å². The molecule has 0 fully saturated rings. The van der Waals surface area contributed by atoms with Crippen LogP contribution in [-0.4, -0.2) is 8.90 Å². The molecule has 1 nitrogen and oxygen atoms in total. The Hall–Kier alpha value is 0.630. The summed E-state index contributed by atoms with van der Waals surface area (Å²) in [6.07, 6.45) is -1.31. The van der Waals surface area contributed by atoms with Crippen molar-refractivity contribution in [1.29, 1.82) is 0 Å². The average molecular weight is 294 g/mol. The lowest BCUT2D eigenvalue weighted by molar-refractivity contribution is 0.182. The summed E-state index contributed by atoms with van der Waals surface area (Å²) in [7, 11) is 0. The second-order valence-corrected chi connectivity index (χ2v) is 5.74. The number of alkyl halides is 3. The van der Waals surface area contributed by atoms with Gasteiger partial charge in [0.2, 0.25) is 3.79 Å². The fraction of sp³-hybridized carbons (Fsp3) is 0.250. The number of hydrogen-bond donors (Lipinski definition) is 1. The normalized spacial score (nSPS) is 14.1.